The van der Waals surface area contributed by atoms with E-state index >= 15 is 0 Å². The van der Waals surface area contributed by atoms with Gasteiger partial charge in [-0.05, 0) is 51.4 Å². The molecule has 0 saturated carbocycles. The predicted molar refractivity (Wildman–Crippen MR) is 217 cm³/mol. The summed E-state index contributed by atoms with van der Waals surface area (Å²) in [7, 11) is 1.16. The van der Waals surface area contributed by atoms with Crippen molar-refractivity contribution in [3.05, 3.63) is 48.6 Å². The van der Waals surface area contributed by atoms with Gasteiger partial charge in [0.2, 0.25) is 0 Å². The molecule has 0 aliphatic carbocycles. The molecule has 0 saturated heterocycles. The summed E-state index contributed by atoms with van der Waals surface area (Å²) in [5.74, 6) is -0.851. The monoisotopic (exact) mass is 768 g/mol. The maximum Gasteiger partial charge on any atom is 0.306 e. The van der Waals surface area contributed by atoms with Crippen LogP contribution in [0.1, 0.15) is 162 Å². The van der Waals surface area contributed by atoms with Gasteiger partial charge in [-0.15, -0.1) is 0 Å². The zero-order chi connectivity index (χ0) is 39.3. The van der Waals surface area contributed by atoms with Crippen LogP contribution in [-0.4, -0.2) is 70.0 Å². The van der Waals surface area contributed by atoms with E-state index in [2.05, 4.69) is 62.5 Å². The molecule has 0 heterocycles. The second-order valence-corrected chi connectivity index (χ2v) is 16.4. The van der Waals surface area contributed by atoms with Gasteiger partial charge in [0.1, 0.15) is 19.8 Å². The van der Waals surface area contributed by atoms with Crippen molar-refractivity contribution in [3.63, 3.8) is 0 Å². The van der Waals surface area contributed by atoms with Crippen molar-refractivity contribution in [2.24, 2.45) is 0 Å². The van der Waals surface area contributed by atoms with E-state index in [9.17, 15) is 19.0 Å². The molecule has 2 unspecified atom stereocenters. The fourth-order valence-corrected chi connectivity index (χ4v) is 6.08. The first kappa shape index (κ1) is 51.0. The molecule has 0 N–H and O–H groups in total. The standard InChI is InChI=1S/C43H78NO8P/c1-6-8-10-12-14-15-16-17-18-19-20-21-22-23-24-25-26-27-28-29-30-32-34-36-43(46)52-41(39-49-42(45)35-33-31-13-11-9-7-2)40-51-53(47,48)50-38-37-44(3,4)5/h8,10,14-15,17-18,20-21,41H,6-7,9,11-13,16,19,22-40H2,1-5H3/b10-8-,15-14-,18-17-,21-20-. The van der Waals surface area contributed by atoms with Crippen LogP contribution in [0.2, 0.25) is 0 Å². The minimum Gasteiger partial charge on any atom is -0.756 e. The molecule has 9 nitrogen and oxygen atoms in total. The van der Waals surface area contributed by atoms with E-state index in [4.69, 9.17) is 18.5 Å². The quantitative estimate of drug-likeness (QED) is 0.0202. The van der Waals surface area contributed by atoms with Gasteiger partial charge in [-0.25, -0.2) is 0 Å². The topological polar surface area (TPSA) is 111 Å². The SMILES string of the molecule is CC/C=C\C/C=C\C/C=C\C/C=C\CCCCCCCCCCCCC(=O)OC(COC(=O)CCCCCCCC)COP(=O)([O-])OCC[N+](C)(C)C. The Morgan fingerprint density at radius 3 is 1.60 bits per heavy atom. The third kappa shape index (κ3) is 39.5. The highest BCUT2D eigenvalue weighted by molar-refractivity contribution is 7.45. The van der Waals surface area contributed by atoms with Gasteiger partial charge in [-0.1, -0.05) is 146 Å². The van der Waals surface area contributed by atoms with Crippen LogP contribution >= 0.6 is 7.82 Å². The Balaban J connectivity index is 4.19. The summed E-state index contributed by atoms with van der Waals surface area (Å²) in [6.45, 7) is 4.02. The molecule has 0 rings (SSSR count). The van der Waals surface area contributed by atoms with Crippen molar-refractivity contribution in [2.75, 3.05) is 47.5 Å². The molecule has 0 radical (unpaired) electrons. The third-order valence-corrected chi connectivity index (χ3v) is 9.58. The van der Waals surface area contributed by atoms with E-state index in [1.165, 1.54) is 44.9 Å². The van der Waals surface area contributed by atoms with Crippen molar-refractivity contribution in [2.45, 2.75) is 168 Å². The van der Waals surface area contributed by atoms with Gasteiger partial charge in [0, 0.05) is 12.8 Å². The van der Waals surface area contributed by atoms with Crippen LogP contribution in [0, 0.1) is 0 Å². The summed E-state index contributed by atoms with van der Waals surface area (Å²) in [6.07, 6.45) is 40.3. The molecular weight excluding hydrogens is 689 g/mol. The third-order valence-electron chi connectivity index (χ3n) is 8.61. The molecule has 2 atom stereocenters. The first-order valence-electron chi connectivity index (χ1n) is 20.8. The molecule has 0 aliphatic rings. The molecule has 308 valence electrons. The largest absolute Gasteiger partial charge is 0.756 e. The molecule has 0 aromatic rings. The van der Waals surface area contributed by atoms with Crippen LogP contribution in [0.15, 0.2) is 48.6 Å². The van der Waals surface area contributed by atoms with Crippen LogP contribution in [0.5, 0.6) is 0 Å². The number of unbranched alkanes of at least 4 members (excludes halogenated alkanes) is 15. The highest BCUT2D eigenvalue weighted by Crippen LogP contribution is 2.38. The number of phosphoric acid groups is 1. The van der Waals surface area contributed by atoms with Crippen molar-refractivity contribution in [1.82, 2.24) is 0 Å². The number of ether oxygens (including phenoxy) is 2. The Morgan fingerprint density at radius 1 is 0.604 bits per heavy atom. The number of hydrogen-bond donors (Lipinski definition) is 0. The minimum absolute atomic E-state index is 0.0325. The number of likely N-dealkylation sites (N-methyl/N-ethyl adjacent to an activating group) is 1. The van der Waals surface area contributed by atoms with Crippen molar-refractivity contribution in [1.29, 1.82) is 0 Å². The highest BCUT2D eigenvalue weighted by atomic mass is 31.2. The van der Waals surface area contributed by atoms with Crippen LogP contribution in [-0.2, 0) is 32.7 Å². The molecule has 0 aliphatic heterocycles. The smallest absolute Gasteiger partial charge is 0.306 e. The van der Waals surface area contributed by atoms with Gasteiger partial charge in [0.05, 0.1) is 27.7 Å². The number of quaternary nitrogens is 1. The van der Waals surface area contributed by atoms with Gasteiger partial charge in [0.15, 0.2) is 6.10 Å². The number of phosphoric ester groups is 1. The molecule has 53 heavy (non-hydrogen) atoms. The molecule has 10 heteroatoms. The van der Waals surface area contributed by atoms with E-state index in [-0.39, 0.29) is 26.1 Å². The second-order valence-electron chi connectivity index (χ2n) is 15.0. The number of hydrogen-bond acceptors (Lipinski definition) is 8. The first-order chi connectivity index (χ1) is 25.5. The average Bonchev–Trinajstić information content (AvgIpc) is 3.10. The maximum atomic E-state index is 12.6. The van der Waals surface area contributed by atoms with Crippen molar-refractivity contribution in [3.8, 4) is 0 Å². The average molecular weight is 768 g/mol. The van der Waals surface area contributed by atoms with E-state index in [1.807, 2.05) is 21.1 Å². The van der Waals surface area contributed by atoms with Gasteiger partial charge < -0.3 is 27.9 Å². The van der Waals surface area contributed by atoms with Gasteiger partial charge in [-0.3, -0.25) is 14.2 Å². The molecule has 0 aromatic heterocycles. The van der Waals surface area contributed by atoms with Crippen molar-refractivity contribution >= 4 is 19.8 Å². The van der Waals surface area contributed by atoms with Crippen LogP contribution in [0.3, 0.4) is 0 Å². The van der Waals surface area contributed by atoms with Gasteiger partial charge in [0.25, 0.3) is 7.82 Å². The first-order valence-corrected chi connectivity index (χ1v) is 22.3. The molecule has 0 fully saturated rings. The molecular formula is C43H78NO8P. The number of nitrogens with zero attached hydrogens (tertiary/aromatic N) is 1. The Kier molecular flexibility index (Phi) is 34.3. The number of carbonyl (C=O) groups is 2. The number of allylic oxidation sites excluding steroid dienone is 8. The second kappa shape index (κ2) is 35.7. The minimum atomic E-state index is -4.61. The molecule has 0 spiro atoms. The normalized spacial score (nSPS) is 14.2. The van der Waals surface area contributed by atoms with Gasteiger partial charge >= 0.3 is 11.9 Å². The molecule has 0 aromatic carbocycles. The summed E-state index contributed by atoms with van der Waals surface area (Å²) < 4.78 is 33.7. The lowest BCUT2D eigenvalue weighted by molar-refractivity contribution is -0.870. The van der Waals surface area contributed by atoms with E-state index in [1.54, 1.807) is 0 Å². The lowest BCUT2D eigenvalue weighted by atomic mass is 10.0. The predicted octanol–water partition coefficient (Wildman–Crippen LogP) is 10.9. The lowest BCUT2D eigenvalue weighted by Crippen LogP contribution is -2.37. The Labute approximate surface area is 324 Å². The molecule has 0 amide bonds. The number of carbonyl (C=O) groups excluding carboxylic acids is 2. The van der Waals surface area contributed by atoms with E-state index < -0.39 is 32.5 Å². The fourth-order valence-electron chi connectivity index (χ4n) is 5.35. The lowest BCUT2D eigenvalue weighted by Gasteiger charge is -2.28. The molecule has 0 bridgehead atoms. The number of esters is 2. The number of rotatable bonds is 37. The fraction of sp³-hybridized carbons (Fsp3) is 0.767. The highest BCUT2D eigenvalue weighted by Gasteiger charge is 2.21. The van der Waals surface area contributed by atoms with E-state index in [0.29, 0.717) is 17.4 Å². The Hall–Kier alpha value is -2.03. The van der Waals surface area contributed by atoms with Crippen LogP contribution in [0.25, 0.3) is 0 Å². The summed E-state index contributed by atoms with van der Waals surface area (Å²) in [5.41, 5.74) is 0. The van der Waals surface area contributed by atoms with Crippen molar-refractivity contribution < 1.29 is 42.1 Å². The Morgan fingerprint density at radius 2 is 1.08 bits per heavy atom. The Bertz CT molecular complexity index is 1050. The summed E-state index contributed by atoms with van der Waals surface area (Å²) >= 11 is 0. The summed E-state index contributed by atoms with van der Waals surface area (Å²) in [5, 5.41) is 0. The zero-order valence-electron chi connectivity index (χ0n) is 34.4. The van der Waals surface area contributed by atoms with Crippen LogP contribution < -0.4 is 4.89 Å². The maximum absolute atomic E-state index is 12.6. The zero-order valence-corrected chi connectivity index (χ0v) is 35.3. The van der Waals surface area contributed by atoms with Crippen LogP contribution in [0.4, 0.5) is 0 Å². The van der Waals surface area contributed by atoms with Gasteiger partial charge in [-0.2, -0.15) is 0 Å². The van der Waals surface area contributed by atoms with E-state index in [0.717, 1.165) is 83.5 Å². The summed E-state index contributed by atoms with van der Waals surface area (Å²) in [6, 6.07) is 0. The summed E-state index contributed by atoms with van der Waals surface area (Å²) in [4.78, 5) is 37.2.